The van der Waals surface area contributed by atoms with E-state index >= 15 is 0 Å². The SMILES string of the molecule is CCN(CC)c1c(C)ncc2cc(Cl)ccc12. The van der Waals surface area contributed by atoms with Gasteiger partial charge in [-0.15, -0.1) is 0 Å². The van der Waals surface area contributed by atoms with Crippen molar-refractivity contribution < 1.29 is 0 Å². The third-order valence-corrected chi connectivity index (χ3v) is 3.32. The number of nitrogens with zero attached hydrogens (tertiary/aromatic N) is 2. The van der Waals surface area contributed by atoms with E-state index in [9.17, 15) is 0 Å². The van der Waals surface area contributed by atoms with Crippen molar-refractivity contribution in [2.75, 3.05) is 18.0 Å². The molecule has 0 spiro atoms. The number of hydrogen-bond donors (Lipinski definition) is 0. The number of aryl methyl sites for hydroxylation is 1. The largest absolute Gasteiger partial charge is 0.370 e. The molecule has 0 aliphatic carbocycles. The number of hydrogen-bond acceptors (Lipinski definition) is 2. The van der Waals surface area contributed by atoms with E-state index in [1.54, 1.807) is 0 Å². The average molecular weight is 249 g/mol. The fourth-order valence-electron chi connectivity index (χ4n) is 2.22. The molecule has 0 fully saturated rings. The quantitative estimate of drug-likeness (QED) is 0.815. The maximum atomic E-state index is 6.02. The summed E-state index contributed by atoms with van der Waals surface area (Å²) in [7, 11) is 0. The van der Waals surface area contributed by atoms with Gasteiger partial charge in [-0.25, -0.2) is 0 Å². The Morgan fingerprint density at radius 1 is 1.24 bits per heavy atom. The minimum absolute atomic E-state index is 0.758. The van der Waals surface area contributed by atoms with Gasteiger partial charge < -0.3 is 4.90 Å². The van der Waals surface area contributed by atoms with Crippen LogP contribution in [0.3, 0.4) is 0 Å². The zero-order valence-corrected chi connectivity index (χ0v) is 11.3. The Kier molecular flexibility index (Phi) is 3.53. The van der Waals surface area contributed by atoms with E-state index in [4.69, 9.17) is 11.6 Å². The molecule has 0 bridgehead atoms. The van der Waals surface area contributed by atoms with Gasteiger partial charge in [0.05, 0.1) is 11.4 Å². The number of rotatable bonds is 3. The highest BCUT2D eigenvalue weighted by molar-refractivity contribution is 6.31. The lowest BCUT2D eigenvalue weighted by atomic mass is 10.1. The smallest absolute Gasteiger partial charge is 0.0662 e. The first kappa shape index (κ1) is 12.2. The second-order valence-electron chi connectivity index (χ2n) is 4.10. The van der Waals surface area contributed by atoms with Crippen LogP contribution in [0.25, 0.3) is 10.8 Å². The topological polar surface area (TPSA) is 16.1 Å². The summed E-state index contributed by atoms with van der Waals surface area (Å²) in [6.45, 7) is 8.36. The predicted octanol–water partition coefficient (Wildman–Crippen LogP) is 4.04. The standard InChI is InChI=1S/C14H17ClN2/c1-4-17(5-2)14-10(3)16-9-11-8-12(15)6-7-13(11)14/h6-9H,4-5H2,1-3H3. The summed E-state index contributed by atoms with van der Waals surface area (Å²) in [5, 5.41) is 3.09. The van der Waals surface area contributed by atoms with Crippen LogP contribution < -0.4 is 4.90 Å². The third-order valence-electron chi connectivity index (χ3n) is 3.09. The molecule has 1 aromatic heterocycles. The Morgan fingerprint density at radius 3 is 2.59 bits per heavy atom. The highest BCUT2D eigenvalue weighted by Crippen LogP contribution is 2.30. The maximum absolute atomic E-state index is 6.02. The van der Waals surface area contributed by atoms with Crippen LogP contribution in [0.5, 0.6) is 0 Å². The minimum Gasteiger partial charge on any atom is -0.370 e. The first-order chi connectivity index (χ1) is 8.17. The first-order valence-electron chi connectivity index (χ1n) is 5.97. The molecular weight excluding hydrogens is 232 g/mol. The molecule has 90 valence electrons. The van der Waals surface area contributed by atoms with Crippen LogP contribution in [0.2, 0.25) is 5.02 Å². The van der Waals surface area contributed by atoms with Gasteiger partial charge in [-0.05, 0) is 32.9 Å². The van der Waals surface area contributed by atoms with Gasteiger partial charge in [-0.3, -0.25) is 4.98 Å². The number of benzene rings is 1. The van der Waals surface area contributed by atoms with Gasteiger partial charge in [-0.2, -0.15) is 0 Å². The molecule has 0 radical (unpaired) electrons. The van der Waals surface area contributed by atoms with E-state index < -0.39 is 0 Å². The summed E-state index contributed by atoms with van der Waals surface area (Å²) in [5.41, 5.74) is 2.30. The van der Waals surface area contributed by atoms with Crippen LogP contribution in [0.15, 0.2) is 24.4 Å². The van der Waals surface area contributed by atoms with E-state index in [1.807, 2.05) is 18.3 Å². The van der Waals surface area contributed by atoms with Gasteiger partial charge in [0.15, 0.2) is 0 Å². The molecular formula is C14H17ClN2. The fraction of sp³-hybridized carbons (Fsp3) is 0.357. The summed E-state index contributed by atoms with van der Waals surface area (Å²) in [4.78, 5) is 6.80. The fourth-order valence-corrected chi connectivity index (χ4v) is 2.40. The van der Waals surface area contributed by atoms with Crippen LogP contribution in [-0.2, 0) is 0 Å². The number of anilines is 1. The summed E-state index contributed by atoms with van der Waals surface area (Å²) in [6, 6.07) is 5.99. The molecule has 0 atom stereocenters. The second kappa shape index (κ2) is 4.92. The monoisotopic (exact) mass is 248 g/mol. The lowest BCUT2D eigenvalue weighted by Gasteiger charge is -2.24. The van der Waals surface area contributed by atoms with Crippen molar-refractivity contribution in [2.24, 2.45) is 0 Å². The molecule has 0 aliphatic heterocycles. The van der Waals surface area contributed by atoms with E-state index in [0.29, 0.717) is 0 Å². The Bertz CT molecular complexity index is 533. The van der Waals surface area contributed by atoms with Gasteiger partial charge in [0.2, 0.25) is 0 Å². The highest BCUT2D eigenvalue weighted by Gasteiger charge is 2.11. The summed E-state index contributed by atoms with van der Waals surface area (Å²) in [6.07, 6.45) is 1.89. The molecule has 0 amide bonds. The molecule has 2 nitrogen and oxygen atoms in total. The number of halogens is 1. The van der Waals surface area contributed by atoms with Gasteiger partial charge in [0.25, 0.3) is 0 Å². The second-order valence-corrected chi connectivity index (χ2v) is 4.53. The van der Waals surface area contributed by atoms with Crippen LogP contribution >= 0.6 is 11.6 Å². The van der Waals surface area contributed by atoms with Crippen molar-refractivity contribution in [1.82, 2.24) is 4.98 Å². The maximum Gasteiger partial charge on any atom is 0.0662 e. The van der Waals surface area contributed by atoms with Gasteiger partial charge in [0, 0.05) is 35.1 Å². The summed E-state index contributed by atoms with van der Waals surface area (Å²) < 4.78 is 0. The third kappa shape index (κ3) is 2.22. The molecule has 0 aliphatic rings. The van der Waals surface area contributed by atoms with Gasteiger partial charge in [0.1, 0.15) is 0 Å². The predicted molar refractivity (Wildman–Crippen MR) is 75.1 cm³/mol. The zero-order valence-electron chi connectivity index (χ0n) is 10.5. The Morgan fingerprint density at radius 2 is 1.94 bits per heavy atom. The summed E-state index contributed by atoms with van der Waals surface area (Å²) >= 11 is 6.02. The van der Waals surface area contributed by atoms with Crippen LogP contribution in [-0.4, -0.2) is 18.1 Å². The Balaban J connectivity index is 2.71. The Labute approximate surface area is 107 Å². The highest BCUT2D eigenvalue weighted by atomic mass is 35.5. The minimum atomic E-state index is 0.758. The average Bonchev–Trinajstić information content (AvgIpc) is 2.33. The molecule has 0 N–H and O–H groups in total. The van der Waals surface area contributed by atoms with E-state index in [0.717, 1.165) is 29.2 Å². The van der Waals surface area contributed by atoms with Crippen molar-refractivity contribution in [3.8, 4) is 0 Å². The summed E-state index contributed by atoms with van der Waals surface area (Å²) in [5.74, 6) is 0. The van der Waals surface area contributed by atoms with Crippen LogP contribution in [0.4, 0.5) is 5.69 Å². The molecule has 2 rings (SSSR count). The normalized spacial score (nSPS) is 10.8. The van der Waals surface area contributed by atoms with Crippen molar-refractivity contribution in [3.05, 3.63) is 35.1 Å². The number of pyridine rings is 1. The lowest BCUT2D eigenvalue weighted by Crippen LogP contribution is -2.23. The molecule has 1 heterocycles. The van der Waals surface area contributed by atoms with Crippen molar-refractivity contribution >= 4 is 28.1 Å². The molecule has 3 heteroatoms. The molecule has 0 saturated heterocycles. The molecule has 1 aromatic carbocycles. The molecule has 2 aromatic rings. The van der Waals surface area contributed by atoms with Crippen LogP contribution in [0.1, 0.15) is 19.5 Å². The van der Waals surface area contributed by atoms with E-state index in [2.05, 4.69) is 36.7 Å². The van der Waals surface area contributed by atoms with Crippen molar-refractivity contribution in [3.63, 3.8) is 0 Å². The van der Waals surface area contributed by atoms with E-state index in [1.165, 1.54) is 11.1 Å². The molecule has 17 heavy (non-hydrogen) atoms. The number of fused-ring (bicyclic) bond motifs is 1. The molecule has 0 unspecified atom stereocenters. The molecule has 0 saturated carbocycles. The van der Waals surface area contributed by atoms with Gasteiger partial charge in [-0.1, -0.05) is 17.7 Å². The first-order valence-corrected chi connectivity index (χ1v) is 6.35. The van der Waals surface area contributed by atoms with Crippen molar-refractivity contribution in [2.45, 2.75) is 20.8 Å². The Hall–Kier alpha value is -1.28. The number of aromatic nitrogens is 1. The van der Waals surface area contributed by atoms with Crippen molar-refractivity contribution in [1.29, 1.82) is 0 Å². The van der Waals surface area contributed by atoms with Gasteiger partial charge >= 0.3 is 0 Å². The van der Waals surface area contributed by atoms with E-state index in [-0.39, 0.29) is 0 Å². The lowest BCUT2D eigenvalue weighted by molar-refractivity contribution is 0.861. The zero-order chi connectivity index (χ0) is 12.4. The van der Waals surface area contributed by atoms with Crippen LogP contribution in [0, 0.1) is 6.92 Å².